The largest absolute Gasteiger partial charge is 0.347 e. The fraction of sp³-hybridized carbons (Fsp3) is 0.111. The van der Waals surface area contributed by atoms with Crippen LogP contribution in [0.3, 0.4) is 0 Å². The highest BCUT2D eigenvalue weighted by molar-refractivity contribution is 5.92. The average molecular weight is 406 g/mol. The number of fused-ring (bicyclic) bond motifs is 2. The summed E-state index contributed by atoms with van der Waals surface area (Å²) in [5.74, 6) is 0.614. The molecular formula is C27H23N3O. The van der Waals surface area contributed by atoms with Crippen molar-refractivity contribution in [3.63, 3.8) is 0 Å². The van der Waals surface area contributed by atoms with Gasteiger partial charge in [-0.1, -0.05) is 42.5 Å². The van der Waals surface area contributed by atoms with Gasteiger partial charge < -0.3 is 4.57 Å². The van der Waals surface area contributed by atoms with Crippen LogP contribution in [0.5, 0.6) is 0 Å². The van der Waals surface area contributed by atoms with Gasteiger partial charge in [0.15, 0.2) is 0 Å². The molecule has 0 spiro atoms. The molecule has 4 heteroatoms. The van der Waals surface area contributed by atoms with Crippen LogP contribution in [0.4, 0.5) is 0 Å². The first kappa shape index (κ1) is 19.1. The van der Waals surface area contributed by atoms with Crippen LogP contribution in [0, 0.1) is 6.92 Å². The van der Waals surface area contributed by atoms with Gasteiger partial charge in [0.1, 0.15) is 5.82 Å². The van der Waals surface area contributed by atoms with Crippen LogP contribution in [0.15, 0.2) is 83.8 Å². The molecule has 31 heavy (non-hydrogen) atoms. The Morgan fingerprint density at radius 3 is 2.48 bits per heavy atom. The van der Waals surface area contributed by atoms with Gasteiger partial charge in [-0.25, -0.2) is 4.98 Å². The Balaban J connectivity index is 1.73. The normalized spacial score (nSPS) is 11.7. The van der Waals surface area contributed by atoms with Crippen molar-refractivity contribution in [2.24, 2.45) is 0 Å². The van der Waals surface area contributed by atoms with Gasteiger partial charge in [-0.3, -0.25) is 9.36 Å². The first-order chi connectivity index (χ1) is 15.2. The lowest BCUT2D eigenvalue weighted by atomic mass is 10.1. The van der Waals surface area contributed by atoms with Crippen LogP contribution in [-0.2, 0) is 6.54 Å². The summed E-state index contributed by atoms with van der Waals surface area (Å²) in [5.41, 5.74) is 4.86. The molecule has 0 bridgehead atoms. The van der Waals surface area contributed by atoms with Crippen molar-refractivity contribution >= 4 is 34.0 Å². The minimum atomic E-state index is -0.0631. The van der Waals surface area contributed by atoms with Gasteiger partial charge in [0.25, 0.3) is 5.56 Å². The Morgan fingerprint density at radius 2 is 1.68 bits per heavy atom. The van der Waals surface area contributed by atoms with Gasteiger partial charge in [0.05, 0.1) is 16.6 Å². The summed E-state index contributed by atoms with van der Waals surface area (Å²) in [6.07, 6.45) is 6.15. The van der Waals surface area contributed by atoms with Crippen LogP contribution in [0.1, 0.15) is 23.9 Å². The minimum Gasteiger partial charge on any atom is -0.347 e. The van der Waals surface area contributed by atoms with E-state index in [1.807, 2.05) is 61.5 Å². The molecule has 0 amide bonds. The Morgan fingerprint density at radius 1 is 0.903 bits per heavy atom. The van der Waals surface area contributed by atoms with Gasteiger partial charge in [-0.2, -0.15) is 0 Å². The fourth-order valence-electron chi connectivity index (χ4n) is 4.11. The number of para-hydroxylation sites is 2. The van der Waals surface area contributed by atoms with Crippen LogP contribution in [0.25, 0.3) is 39.6 Å². The molecule has 0 aliphatic rings. The topological polar surface area (TPSA) is 39.8 Å². The van der Waals surface area contributed by atoms with E-state index in [1.165, 1.54) is 10.9 Å². The second-order valence-electron chi connectivity index (χ2n) is 7.69. The van der Waals surface area contributed by atoms with Crippen molar-refractivity contribution in [2.75, 3.05) is 0 Å². The predicted octanol–water partition coefficient (Wildman–Crippen LogP) is 5.84. The lowest BCUT2D eigenvalue weighted by Crippen LogP contribution is -2.22. The molecule has 3 aromatic carbocycles. The number of rotatable bonds is 4. The van der Waals surface area contributed by atoms with Crippen LogP contribution >= 0.6 is 0 Å². The molecule has 0 radical (unpaired) electrons. The molecule has 4 nitrogen and oxygen atoms in total. The average Bonchev–Trinajstić information content (AvgIpc) is 3.16. The van der Waals surface area contributed by atoms with Crippen LogP contribution in [0.2, 0.25) is 0 Å². The van der Waals surface area contributed by atoms with E-state index in [0.29, 0.717) is 16.7 Å². The summed E-state index contributed by atoms with van der Waals surface area (Å²) >= 11 is 0. The quantitative estimate of drug-likeness (QED) is 0.377. The molecule has 0 aliphatic carbocycles. The van der Waals surface area contributed by atoms with E-state index in [-0.39, 0.29) is 5.56 Å². The summed E-state index contributed by atoms with van der Waals surface area (Å²) in [6.45, 7) is 5.06. The maximum absolute atomic E-state index is 13.4. The third-order valence-electron chi connectivity index (χ3n) is 5.63. The molecule has 5 aromatic rings. The van der Waals surface area contributed by atoms with Crippen molar-refractivity contribution < 1.29 is 0 Å². The van der Waals surface area contributed by atoms with Crippen LogP contribution < -0.4 is 5.56 Å². The van der Waals surface area contributed by atoms with E-state index < -0.39 is 0 Å². The van der Waals surface area contributed by atoms with Crippen molar-refractivity contribution in [3.05, 3.63) is 106 Å². The maximum atomic E-state index is 13.4. The van der Waals surface area contributed by atoms with Crippen molar-refractivity contribution in [1.82, 2.24) is 14.1 Å². The zero-order valence-electron chi connectivity index (χ0n) is 17.6. The zero-order chi connectivity index (χ0) is 21.4. The molecule has 2 aromatic heterocycles. The highest BCUT2D eigenvalue weighted by atomic mass is 16.1. The van der Waals surface area contributed by atoms with E-state index in [9.17, 15) is 4.79 Å². The summed E-state index contributed by atoms with van der Waals surface area (Å²) in [6, 6.07) is 23.8. The van der Waals surface area contributed by atoms with E-state index in [0.717, 1.165) is 23.4 Å². The number of hydrogen-bond donors (Lipinski definition) is 0. The van der Waals surface area contributed by atoms with Gasteiger partial charge in [0.2, 0.25) is 0 Å². The molecular weight excluding hydrogens is 382 g/mol. The molecule has 0 fully saturated rings. The zero-order valence-corrected chi connectivity index (χ0v) is 17.6. The lowest BCUT2D eigenvalue weighted by molar-refractivity contribution is 0.797. The number of benzene rings is 3. The Bertz CT molecular complexity index is 1500. The second-order valence-corrected chi connectivity index (χ2v) is 7.69. The van der Waals surface area contributed by atoms with Gasteiger partial charge in [0, 0.05) is 29.2 Å². The second kappa shape index (κ2) is 7.73. The Hall–Kier alpha value is -3.92. The van der Waals surface area contributed by atoms with E-state index in [1.54, 1.807) is 4.57 Å². The molecule has 152 valence electrons. The molecule has 0 saturated carbocycles. The molecule has 0 atom stereocenters. The molecule has 0 unspecified atom stereocenters. The first-order valence-corrected chi connectivity index (χ1v) is 10.5. The minimum absolute atomic E-state index is 0.0631. The number of nitrogens with zero attached hydrogens (tertiary/aromatic N) is 3. The van der Waals surface area contributed by atoms with E-state index in [4.69, 9.17) is 4.98 Å². The molecule has 5 rings (SSSR count). The third-order valence-corrected chi connectivity index (χ3v) is 5.63. The monoisotopic (exact) mass is 405 g/mol. The summed E-state index contributed by atoms with van der Waals surface area (Å²) in [4.78, 5) is 18.3. The van der Waals surface area contributed by atoms with Gasteiger partial charge >= 0.3 is 0 Å². The summed E-state index contributed by atoms with van der Waals surface area (Å²) in [5, 5.41) is 1.80. The standard InChI is InChI=1S/C27H23N3O/c1-3-29-18-20(22-11-5-7-14-25(22)29)15-16-26-28-24-13-6-4-12-23(24)27(31)30(26)21-10-8-9-19(2)17-21/h4-18H,3H2,1-2H3/b16-15+. The summed E-state index contributed by atoms with van der Waals surface area (Å²) in [7, 11) is 0. The lowest BCUT2D eigenvalue weighted by Gasteiger charge is -2.12. The smallest absolute Gasteiger partial charge is 0.266 e. The third kappa shape index (κ3) is 3.36. The highest BCUT2D eigenvalue weighted by Gasteiger charge is 2.12. The van der Waals surface area contributed by atoms with Gasteiger partial charge in [-0.05, 0) is 61.9 Å². The van der Waals surface area contributed by atoms with Crippen molar-refractivity contribution in [3.8, 4) is 5.69 Å². The highest BCUT2D eigenvalue weighted by Crippen LogP contribution is 2.24. The molecule has 0 saturated heterocycles. The van der Waals surface area contributed by atoms with Gasteiger partial charge in [-0.15, -0.1) is 0 Å². The molecule has 0 N–H and O–H groups in total. The maximum Gasteiger partial charge on any atom is 0.266 e. The first-order valence-electron chi connectivity index (χ1n) is 10.5. The Labute approximate surface area is 180 Å². The SMILES string of the molecule is CCn1cc(/C=C/c2nc3ccccc3c(=O)n2-c2cccc(C)c2)c2ccccc21. The van der Waals surface area contributed by atoms with Crippen LogP contribution in [-0.4, -0.2) is 14.1 Å². The number of hydrogen-bond acceptors (Lipinski definition) is 2. The van der Waals surface area contributed by atoms with E-state index >= 15 is 0 Å². The van der Waals surface area contributed by atoms with Crippen molar-refractivity contribution in [2.45, 2.75) is 20.4 Å². The Kier molecular flexibility index (Phi) is 4.75. The number of aromatic nitrogens is 3. The molecule has 0 aliphatic heterocycles. The van der Waals surface area contributed by atoms with Crippen molar-refractivity contribution in [1.29, 1.82) is 0 Å². The predicted molar refractivity (Wildman–Crippen MR) is 129 cm³/mol. The van der Waals surface area contributed by atoms with E-state index in [2.05, 4.69) is 48.0 Å². The summed E-state index contributed by atoms with van der Waals surface area (Å²) < 4.78 is 3.93. The molecule has 2 heterocycles. The number of aryl methyl sites for hydroxylation is 2. The fourth-order valence-corrected chi connectivity index (χ4v) is 4.11.